The number of phenols is 1. The van der Waals surface area contributed by atoms with E-state index in [1.54, 1.807) is 0 Å². The monoisotopic (exact) mass is 477 g/mol. The van der Waals surface area contributed by atoms with Gasteiger partial charge in [-0.25, -0.2) is 0 Å². The molecule has 0 bridgehead atoms. The number of halogens is 3. The fourth-order valence-electron chi connectivity index (χ4n) is 4.56. The first-order chi connectivity index (χ1) is 16.1. The fourth-order valence-corrected chi connectivity index (χ4v) is 4.56. The predicted octanol–water partition coefficient (Wildman–Crippen LogP) is 5.43. The van der Waals surface area contributed by atoms with Crippen LogP contribution in [0.5, 0.6) is 17.2 Å². The molecule has 0 amide bonds. The van der Waals surface area contributed by atoms with Gasteiger partial charge in [0.2, 0.25) is 11.2 Å². The van der Waals surface area contributed by atoms with Crippen LogP contribution in [0.3, 0.4) is 0 Å². The van der Waals surface area contributed by atoms with E-state index in [9.17, 15) is 23.1 Å². The number of hydrogen-bond donors (Lipinski definition) is 1. The summed E-state index contributed by atoms with van der Waals surface area (Å²) in [6, 6.07) is 6.71. The van der Waals surface area contributed by atoms with Gasteiger partial charge in [0.25, 0.3) is 0 Å². The van der Waals surface area contributed by atoms with Gasteiger partial charge in [-0.15, -0.1) is 0 Å². The summed E-state index contributed by atoms with van der Waals surface area (Å²) < 4.78 is 58.2. The molecule has 1 fully saturated rings. The largest absolute Gasteiger partial charge is 0.507 e. The normalized spacial score (nSPS) is 17.2. The lowest BCUT2D eigenvalue weighted by molar-refractivity contribution is -0.152. The number of rotatable bonds is 5. The van der Waals surface area contributed by atoms with Crippen LogP contribution in [0.1, 0.15) is 31.1 Å². The SMILES string of the molecule is COc1ccc(-c2c(C(F)(F)F)oc3c(CN4CCC[C@H](C)C4)c(O)ccc3c2=O)cc1OC. The van der Waals surface area contributed by atoms with E-state index in [4.69, 9.17) is 13.9 Å². The maximum absolute atomic E-state index is 14.2. The second-order valence-corrected chi connectivity index (χ2v) is 8.63. The predicted molar refractivity (Wildman–Crippen MR) is 121 cm³/mol. The minimum Gasteiger partial charge on any atom is -0.507 e. The van der Waals surface area contributed by atoms with Crippen LogP contribution in [0.4, 0.5) is 13.2 Å². The lowest BCUT2D eigenvalue weighted by Gasteiger charge is -2.31. The minimum absolute atomic E-state index is 0.0138. The van der Waals surface area contributed by atoms with Crippen molar-refractivity contribution in [2.75, 3.05) is 27.3 Å². The van der Waals surface area contributed by atoms with Crippen LogP contribution in [0.25, 0.3) is 22.1 Å². The van der Waals surface area contributed by atoms with Crippen molar-refractivity contribution in [2.24, 2.45) is 5.92 Å². The van der Waals surface area contributed by atoms with E-state index in [-0.39, 0.29) is 40.1 Å². The Hall–Kier alpha value is -3.20. The number of aromatic hydroxyl groups is 1. The van der Waals surface area contributed by atoms with Gasteiger partial charge in [0, 0.05) is 13.1 Å². The Morgan fingerprint density at radius 2 is 1.88 bits per heavy atom. The molecule has 0 aliphatic carbocycles. The number of fused-ring (bicyclic) bond motifs is 1. The Morgan fingerprint density at radius 1 is 1.15 bits per heavy atom. The number of piperidine rings is 1. The fraction of sp³-hybridized carbons (Fsp3) is 0.400. The molecule has 1 N–H and O–H groups in total. The zero-order valence-electron chi connectivity index (χ0n) is 19.2. The first-order valence-corrected chi connectivity index (χ1v) is 11.0. The molecule has 4 rings (SSSR count). The van der Waals surface area contributed by atoms with Crippen molar-refractivity contribution in [3.8, 4) is 28.4 Å². The molecule has 1 saturated heterocycles. The Kier molecular flexibility index (Phi) is 6.49. The van der Waals surface area contributed by atoms with E-state index in [0.29, 0.717) is 11.7 Å². The van der Waals surface area contributed by atoms with Crippen molar-refractivity contribution in [1.82, 2.24) is 4.90 Å². The van der Waals surface area contributed by atoms with Crippen molar-refractivity contribution in [1.29, 1.82) is 0 Å². The quantitative estimate of drug-likeness (QED) is 0.528. The lowest BCUT2D eigenvalue weighted by Crippen LogP contribution is -2.33. The smallest absolute Gasteiger partial charge is 0.450 e. The zero-order chi connectivity index (χ0) is 24.6. The van der Waals surface area contributed by atoms with Gasteiger partial charge in [-0.2, -0.15) is 13.2 Å². The third-order valence-electron chi connectivity index (χ3n) is 6.19. The first-order valence-electron chi connectivity index (χ1n) is 11.0. The maximum Gasteiger partial charge on any atom is 0.450 e. The molecule has 1 aliphatic heterocycles. The van der Waals surface area contributed by atoms with Crippen LogP contribution in [-0.2, 0) is 12.7 Å². The van der Waals surface area contributed by atoms with Crippen molar-refractivity contribution in [3.63, 3.8) is 0 Å². The van der Waals surface area contributed by atoms with Crippen molar-refractivity contribution in [2.45, 2.75) is 32.5 Å². The van der Waals surface area contributed by atoms with Gasteiger partial charge in [0.05, 0.1) is 30.7 Å². The summed E-state index contributed by atoms with van der Waals surface area (Å²) in [6.45, 7) is 3.78. The highest BCUT2D eigenvalue weighted by molar-refractivity contribution is 5.87. The van der Waals surface area contributed by atoms with Crippen LogP contribution < -0.4 is 14.9 Å². The van der Waals surface area contributed by atoms with E-state index < -0.39 is 22.9 Å². The van der Waals surface area contributed by atoms with E-state index in [1.807, 2.05) is 0 Å². The Labute approximate surface area is 194 Å². The Bertz CT molecular complexity index is 1270. The van der Waals surface area contributed by atoms with Crippen molar-refractivity contribution in [3.05, 3.63) is 51.9 Å². The maximum atomic E-state index is 14.2. The molecule has 6 nitrogen and oxygen atoms in total. The average molecular weight is 477 g/mol. The van der Waals surface area contributed by atoms with Gasteiger partial charge >= 0.3 is 6.18 Å². The van der Waals surface area contributed by atoms with Gasteiger partial charge in [-0.3, -0.25) is 9.69 Å². The van der Waals surface area contributed by atoms with E-state index in [0.717, 1.165) is 25.9 Å². The molecule has 0 unspecified atom stereocenters. The molecule has 1 atom stereocenters. The van der Waals surface area contributed by atoms with Gasteiger partial charge in [0.1, 0.15) is 11.3 Å². The lowest BCUT2D eigenvalue weighted by atomic mass is 9.98. The summed E-state index contributed by atoms with van der Waals surface area (Å²) in [7, 11) is 2.76. The highest BCUT2D eigenvalue weighted by atomic mass is 19.4. The second kappa shape index (κ2) is 9.21. The summed E-state index contributed by atoms with van der Waals surface area (Å²) in [5.74, 6) is -0.705. The van der Waals surface area contributed by atoms with Gasteiger partial charge in [-0.05, 0) is 55.1 Å². The summed E-state index contributed by atoms with van der Waals surface area (Å²) in [5, 5.41) is 10.5. The van der Waals surface area contributed by atoms with Crippen molar-refractivity contribution >= 4 is 11.0 Å². The highest BCUT2D eigenvalue weighted by Crippen LogP contribution is 2.41. The molecule has 182 valence electrons. The molecule has 2 heterocycles. The molecule has 1 aliphatic rings. The summed E-state index contributed by atoms with van der Waals surface area (Å²) in [4.78, 5) is 15.5. The Balaban J connectivity index is 1.94. The molecule has 1 aromatic heterocycles. The standard InChI is InChI=1S/C25H26F3NO5/c1-14-5-4-10-29(12-14)13-17-18(30)8-7-16-22(31)21(24(25(26,27)28)34-23(16)17)15-6-9-19(32-2)20(11-15)33-3/h6-9,11,14,30H,4-5,10,12-13H2,1-3H3/t14-/m0/s1. The highest BCUT2D eigenvalue weighted by Gasteiger charge is 2.40. The topological polar surface area (TPSA) is 72.1 Å². The van der Waals surface area contributed by atoms with Crippen LogP contribution in [-0.4, -0.2) is 37.3 Å². The molecule has 34 heavy (non-hydrogen) atoms. The molecule has 0 spiro atoms. The average Bonchev–Trinajstić information content (AvgIpc) is 2.79. The van der Waals surface area contributed by atoms with Crippen LogP contribution in [0, 0.1) is 5.92 Å². The van der Waals surface area contributed by atoms with Gasteiger partial charge < -0.3 is 19.0 Å². The summed E-state index contributed by atoms with van der Waals surface area (Å²) >= 11 is 0. The third-order valence-corrected chi connectivity index (χ3v) is 6.19. The number of alkyl halides is 3. The molecular formula is C25H26F3NO5. The van der Waals surface area contributed by atoms with Gasteiger partial charge in [0.15, 0.2) is 11.5 Å². The number of likely N-dealkylation sites (tertiary alicyclic amines) is 1. The number of methoxy groups -OCH3 is 2. The van der Waals surface area contributed by atoms with Crippen molar-refractivity contribution < 1.29 is 32.2 Å². The second-order valence-electron chi connectivity index (χ2n) is 8.63. The zero-order valence-corrected chi connectivity index (χ0v) is 19.2. The van der Waals surface area contributed by atoms with Gasteiger partial charge in [-0.1, -0.05) is 13.0 Å². The molecule has 3 aromatic rings. The number of phenolic OH excluding ortho intramolecular Hbond substituents is 1. The molecule has 2 aromatic carbocycles. The number of benzene rings is 2. The van der Waals surface area contributed by atoms with Crippen LogP contribution >= 0.6 is 0 Å². The van der Waals surface area contributed by atoms with E-state index in [1.165, 1.54) is 44.6 Å². The first kappa shape index (κ1) is 23.9. The molecule has 9 heteroatoms. The number of hydrogen-bond acceptors (Lipinski definition) is 6. The Morgan fingerprint density at radius 3 is 2.53 bits per heavy atom. The van der Waals surface area contributed by atoms with E-state index >= 15 is 0 Å². The molecular weight excluding hydrogens is 451 g/mol. The third kappa shape index (κ3) is 4.44. The minimum atomic E-state index is -4.95. The van der Waals surface area contributed by atoms with Crippen LogP contribution in [0.2, 0.25) is 0 Å². The van der Waals surface area contributed by atoms with E-state index in [2.05, 4.69) is 11.8 Å². The number of ether oxygens (including phenoxy) is 2. The molecule has 0 radical (unpaired) electrons. The summed E-state index contributed by atoms with van der Waals surface area (Å²) in [5.41, 5.74) is -1.55. The molecule has 0 saturated carbocycles. The van der Waals surface area contributed by atoms with Crippen LogP contribution in [0.15, 0.2) is 39.5 Å². The summed E-state index contributed by atoms with van der Waals surface area (Å²) in [6.07, 6.45) is -2.92. The number of nitrogens with zero attached hydrogens (tertiary/aromatic N) is 1.